The summed E-state index contributed by atoms with van der Waals surface area (Å²) in [5, 5.41) is 20.9. The van der Waals surface area contributed by atoms with E-state index in [1.807, 2.05) is 37.3 Å². The second kappa shape index (κ2) is 7.53. The van der Waals surface area contributed by atoms with E-state index in [4.69, 9.17) is 0 Å². The zero-order chi connectivity index (χ0) is 19.6. The first-order chi connectivity index (χ1) is 12.9. The number of aromatic nitrogens is 4. The summed E-state index contributed by atoms with van der Waals surface area (Å²) in [6, 6.07) is 8.44. The Bertz CT molecular complexity index is 998. The van der Waals surface area contributed by atoms with Gasteiger partial charge in [-0.05, 0) is 37.1 Å². The van der Waals surface area contributed by atoms with Crippen molar-refractivity contribution in [3.8, 4) is 5.69 Å². The topological polar surface area (TPSA) is 110 Å². The normalized spacial score (nSPS) is 13.3. The van der Waals surface area contributed by atoms with Crippen LogP contribution in [0.4, 0.5) is 0 Å². The highest BCUT2D eigenvalue weighted by atomic mass is 16.4. The van der Waals surface area contributed by atoms with Crippen molar-refractivity contribution in [2.75, 3.05) is 0 Å². The number of hydrogen-bond acceptors (Lipinski definition) is 5. The number of carboxylic acids is 1. The molecule has 0 aliphatic carbocycles. The maximum atomic E-state index is 12.6. The average Bonchev–Trinajstić information content (AvgIpc) is 3.06. The number of aliphatic carboxylic acids is 1. The molecule has 0 radical (unpaired) electrons. The third-order valence-corrected chi connectivity index (χ3v) is 4.71. The monoisotopic (exact) mass is 367 g/mol. The Labute approximate surface area is 156 Å². The zero-order valence-corrected chi connectivity index (χ0v) is 15.4. The van der Waals surface area contributed by atoms with Crippen LogP contribution in [0.15, 0.2) is 36.5 Å². The molecule has 0 saturated heterocycles. The third-order valence-electron chi connectivity index (χ3n) is 4.71. The quantitative estimate of drug-likeness (QED) is 0.692. The molecule has 3 aromatic rings. The maximum absolute atomic E-state index is 12.6. The van der Waals surface area contributed by atoms with Crippen molar-refractivity contribution < 1.29 is 14.7 Å². The van der Waals surface area contributed by atoms with Gasteiger partial charge in [0, 0.05) is 11.6 Å². The number of amides is 1. The van der Waals surface area contributed by atoms with Crippen molar-refractivity contribution in [1.82, 2.24) is 25.3 Å². The number of nitrogens with one attached hydrogen (secondary N) is 1. The van der Waals surface area contributed by atoms with E-state index in [2.05, 4.69) is 20.6 Å². The van der Waals surface area contributed by atoms with Crippen LogP contribution >= 0.6 is 0 Å². The number of benzene rings is 1. The molecule has 0 bridgehead atoms. The minimum absolute atomic E-state index is 0.107. The molecule has 0 spiro atoms. The molecule has 2 N–H and O–H groups in total. The van der Waals surface area contributed by atoms with E-state index in [1.165, 1.54) is 0 Å². The summed E-state index contributed by atoms with van der Waals surface area (Å²) in [5.74, 6) is -1.81. The Morgan fingerprint density at radius 1 is 1.30 bits per heavy atom. The first-order valence-electron chi connectivity index (χ1n) is 8.73. The number of rotatable bonds is 6. The summed E-state index contributed by atoms with van der Waals surface area (Å²) >= 11 is 0. The minimum atomic E-state index is -1.07. The maximum Gasteiger partial charge on any atom is 0.326 e. The van der Waals surface area contributed by atoms with Crippen LogP contribution in [0.25, 0.3) is 16.6 Å². The molecule has 0 fully saturated rings. The van der Waals surface area contributed by atoms with Crippen LogP contribution in [0.5, 0.6) is 0 Å². The third kappa shape index (κ3) is 3.64. The van der Waals surface area contributed by atoms with Crippen LogP contribution in [0, 0.1) is 12.8 Å². The molecule has 0 aliphatic rings. The smallest absolute Gasteiger partial charge is 0.326 e. The average molecular weight is 367 g/mol. The van der Waals surface area contributed by atoms with Gasteiger partial charge in [-0.25, -0.2) is 9.48 Å². The largest absolute Gasteiger partial charge is 0.480 e. The first-order valence-corrected chi connectivity index (χ1v) is 8.73. The van der Waals surface area contributed by atoms with E-state index in [9.17, 15) is 14.7 Å². The number of hydrogen-bond donors (Lipinski definition) is 2. The highest BCUT2D eigenvalue weighted by molar-refractivity contribution is 5.96. The van der Waals surface area contributed by atoms with E-state index in [0.29, 0.717) is 12.1 Å². The number of carbonyl (C=O) groups is 2. The van der Waals surface area contributed by atoms with Gasteiger partial charge in [0.1, 0.15) is 6.04 Å². The summed E-state index contributed by atoms with van der Waals surface area (Å²) in [7, 11) is 0. The van der Waals surface area contributed by atoms with E-state index in [0.717, 1.165) is 16.6 Å². The highest BCUT2D eigenvalue weighted by Crippen LogP contribution is 2.18. The van der Waals surface area contributed by atoms with E-state index in [-0.39, 0.29) is 11.6 Å². The van der Waals surface area contributed by atoms with Crippen molar-refractivity contribution in [3.05, 3.63) is 47.9 Å². The molecule has 27 heavy (non-hydrogen) atoms. The Morgan fingerprint density at radius 2 is 2.07 bits per heavy atom. The molecule has 2 aromatic heterocycles. The molecule has 8 heteroatoms. The number of fused-ring (bicyclic) bond motifs is 1. The Kier molecular flexibility index (Phi) is 5.16. The van der Waals surface area contributed by atoms with Gasteiger partial charge in [-0.2, -0.15) is 0 Å². The summed E-state index contributed by atoms with van der Waals surface area (Å²) in [4.78, 5) is 28.3. The van der Waals surface area contributed by atoms with Crippen LogP contribution in [-0.2, 0) is 4.79 Å². The van der Waals surface area contributed by atoms with Crippen molar-refractivity contribution >= 4 is 22.8 Å². The molecule has 2 heterocycles. The van der Waals surface area contributed by atoms with Gasteiger partial charge in [0.05, 0.1) is 16.9 Å². The van der Waals surface area contributed by atoms with Gasteiger partial charge in [-0.15, -0.1) is 5.10 Å². The summed E-state index contributed by atoms with van der Waals surface area (Å²) in [6.07, 6.45) is 2.36. The first kappa shape index (κ1) is 18.5. The molecular weight excluding hydrogens is 346 g/mol. The molecular formula is C19H21N5O3. The van der Waals surface area contributed by atoms with E-state index >= 15 is 0 Å². The lowest BCUT2D eigenvalue weighted by atomic mass is 9.99. The van der Waals surface area contributed by atoms with E-state index in [1.54, 1.807) is 24.7 Å². The zero-order valence-electron chi connectivity index (χ0n) is 15.4. The lowest BCUT2D eigenvalue weighted by molar-refractivity contribution is -0.140. The fourth-order valence-electron chi connectivity index (χ4n) is 2.87. The van der Waals surface area contributed by atoms with Crippen LogP contribution in [-0.4, -0.2) is 43.0 Å². The minimum Gasteiger partial charge on any atom is -0.480 e. The Balaban J connectivity index is 1.89. The van der Waals surface area contributed by atoms with Crippen LogP contribution < -0.4 is 5.32 Å². The molecule has 2 atom stereocenters. The van der Waals surface area contributed by atoms with Crippen molar-refractivity contribution in [2.45, 2.75) is 33.2 Å². The highest BCUT2D eigenvalue weighted by Gasteiger charge is 2.28. The van der Waals surface area contributed by atoms with Gasteiger partial charge < -0.3 is 10.4 Å². The van der Waals surface area contributed by atoms with Crippen LogP contribution in [0.1, 0.15) is 36.5 Å². The predicted octanol–water partition coefficient (Wildman–Crippen LogP) is 2.35. The fourth-order valence-corrected chi connectivity index (χ4v) is 2.87. The van der Waals surface area contributed by atoms with Crippen molar-refractivity contribution in [2.24, 2.45) is 5.92 Å². The number of nitrogens with zero attached hydrogens (tertiary/aromatic N) is 4. The van der Waals surface area contributed by atoms with Gasteiger partial charge in [-0.1, -0.05) is 31.5 Å². The van der Waals surface area contributed by atoms with Crippen LogP contribution in [0.2, 0.25) is 0 Å². The predicted molar refractivity (Wildman–Crippen MR) is 99.7 cm³/mol. The van der Waals surface area contributed by atoms with E-state index < -0.39 is 17.9 Å². The fraction of sp³-hybridized carbons (Fsp3) is 0.316. The van der Waals surface area contributed by atoms with Gasteiger partial charge in [0.25, 0.3) is 5.91 Å². The number of pyridine rings is 1. The molecule has 8 nitrogen and oxygen atoms in total. The lowest BCUT2D eigenvalue weighted by Crippen LogP contribution is -2.45. The molecule has 2 unspecified atom stereocenters. The van der Waals surface area contributed by atoms with Gasteiger partial charge in [0.15, 0.2) is 5.69 Å². The van der Waals surface area contributed by atoms with Crippen LogP contribution in [0.3, 0.4) is 0 Å². The standard InChI is InChI=1S/C19H21N5O3/c1-4-11(2)16(19(26)27)21-18(25)17-12(3)24(23-22-17)14-7-8-15-13(10-14)6-5-9-20-15/h5-11,16H,4H2,1-3H3,(H,21,25)(H,26,27). The second-order valence-corrected chi connectivity index (χ2v) is 6.49. The second-order valence-electron chi connectivity index (χ2n) is 6.49. The van der Waals surface area contributed by atoms with Gasteiger partial charge in [0.2, 0.25) is 0 Å². The Hall–Kier alpha value is -3.29. The molecule has 140 valence electrons. The SMILES string of the molecule is CCC(C)C(NC(=O)c1nnn(-c2ccc3ncccc3c2)c1C)C(=O)O. The van der Waals surface area contributed by atoms with Gasteiger partial charge in [-0.3, -0.25) is 9.78 Å². The summed E-state index contributed by atoms with van der Waals surface area (Å²) in [6.45, 7) is 5.39. The molecule has 0 saturated carbocycles. The summed E-state index contributed by atoms with van der Waals surface area (Å²) < 4.78 is 1.56. The Morgan fingerprint density at radius 3 is 2.78 bits per heavy atom. The van der Waals surface area contributed by atoms with Crippen molar-refractivity contribution in [3.63, 3.8) is 0 Å². The van der Waals surface area contributed by atoms with Gasteiger partial charge >= 0.3 is 5.97 Å². The molecule has 0 aliphatic heterocycles. The number of carbonyl (C=O) groups excluding carboxylic acids is 1. The molecule has 1 amide bonds. The molecule has 1 aromatic carbocycles. The number of carboxylic acid groups (broad SMARTS) is 1. The molecule has 3 rings (SSSR count). The summed E-state index contributed by atoms with van der Waals surface area (Å²) in [5.41, 5.74) is 2.24. The lowest BCUT2D eigenvalue weighted by Gasteiger charge is -2.19. The van der Waals surface area contributed by atoms with Crippen molar-refractivity contribution in [1.29, 1.82) is 0 Å².